The molecule has 6 heteroatoms. The standard InChI is InChI=1S/C15H20N4O2/c1-15(2,21)9-19(3)14(20)11-8-13(18-16)17-12-7-5-4-6-10(11)12/h4-8,21H,9,16H2,1-3H3,(H,17,18). The maximum Gasteiger partial charge on any atom is 0.254 e. The van der Waals surface area contributed by atoms with Crippen molar-refractivity contribution in [3.05, 3.63) is 35.9 Å². The molecule has 0 unspecified atom stereocenters. The van der Waals surface area contributed by atoms with Gasteiger partial charge in [-0.05, 0) is 26.0 Å². The molecule has 0 aliphatic rings. The summed E-state index contributed by atoms with van der Waals surface area (Å²) in [6.45, 7) is 3.55. The molecule has 0 spiro atoms. The smallest absolute Gasteiger partial charge is 0.254 e. The highest BCUT2D eigenvalue weighted by Gasteiger charge is 2.22. The largest absolute Gasteiger partial charge is 0.389 e. The lowest BCUT2D eigenvalue weighted by molar-refractivity contribution is 0.0369. The number of benzene rings is 1. The van der Waals surface area contributed by atoms with Crippen LogP contribution in [0, 0.1) is 0 Å². The van der Waals surface area contributed by atoms with Gasteiger partial charge in [0.05, 0.1) is 16.7 Å². The van der Waals surface area contributed by atoms with E-state index in [1.165, 1.54) is 4.90 Å². The van der Waals surface area contributed by atoms with Gasteiger partial charge in [-0.1, -0.05) is 18.2 Å². The van der Waals surface area contributed by atoms with Crippen LogP contribution in [0.25, 0.3) is 10.9 Å². The Kier molecular flexibility index (Phi) is 4.11. The van der Waals surface area contributed by atoms with E-state index in [4.69, 9.17) is 5.84 Å². The third-order valence-corrected chi connectivity index (χ3v) is 3.07. The van der Waals surface area contributed by atoms with E-state index in [9.17, 15) is 9.90 Å². The number of pyridine rings is 1. The number of aromatic nitrogens is 1. The van der Waals surface area contributed by atoms with Crippen LogP contribution >= 0.6 is 0 Å². The Morgan fingerprint density at radius 1 is 1.43 bits per heavy atom. The van der Waals surface area contributed by atoms with Crippen LogP contribution < -0.4 is 11.3 Å². The minimum absolute atomic E-state index is 0.188. The summed E-state index contributed by atoms with van der Waals surface area (Å²) in [4.78, 5) is 18.4. The average molecular weight is 288 g/mol. The van der Waals surface area contributed by atoms with Crippen LogP contribution in [-0.4, -0.2) is 40.1 Å². The van der Waals surface area contributed by atoms with Gasteiger partial charge in [-0.25, -0.2) is 10.8 Å². The number of nitrogens with zero attached hydrogens (tertiary/aromatic N) is 2. The van der Waals surface area contributed by atoms with Crippen molar-refractivity contribution in [2.45, 2.75) is 19.4 Å². The summed E-state index contributed by atoms with van der Waals surface area (Å²) >= 11 is 0. The number of nitrogens with one attached hydrogen (secondary N) is 1. The summed E-state index contributed by atoms with van der Waals surface area (Å²) in [6.07, 6.45) is 0. The number of aliphatic hydroxyl groups is 1. The number of carbonyl (C=O) groups is 1. The molecule has 0 bridgehead atoms. The zero-order chi connectivity index (χ0) is 15.6. The van der Waals surface area contributed by atoms with Gasteiger partial charge in [-0.2, -0.15) is 0 Å². The maximum absolute atomic E-state index is 12.6. The Bertz CT molecular complexity index is 664. The highest BCUT2D eigenvalue weighted by atomic mass is 16.3. The Morgan fingerprint density at radius 3 is 2.71 bits per heavy atom. The van der Waals surface area contributed by atoms with Crippen molar-refractivity contribution in [2.75, 3.05) is 19.0 Å². The first kappa shape index (κ1) is 15.2. The Labute approximate surface area is 123 Å². The molecule has 21 heavy (non-hydrogen) atoms. The third-order valence-electron chi connectivity index (χ3n) is 3.07. The first-order valence-corrected chi connectivity index (χ1v) is 6.66. The predicted octanol–water partition coefficient (Wildman–Crippen LogP) is 1.36. The molecule has 0 aliphatic heterocycles. The highest BCUT2D eigenvalue weighted by Crippen LogP contribution is 2.22. The summed E-state index contributed by atoms with van der Waals surface area (Å²) in [5.74, 6) is 5.65. The molecule has 1 aromatic carbocycles. The van der Waals surface area contributed by atoms with Crippen LogP contribution in [-0.2, 0) is 0 Å². The molecule has 0 fully saturated rings. The normalized spacial score (nSPS) is 11.5. The van der Waals surface area contributed by atoms with Crippen molar-refractivity contribution in [2.24, 2.45) is 5.84 Å². The molecule has 0 aliphatic carbocycles. The van der Waals surface area contributed by atoms with Crippen LogP contribution in [0.4, 0.5) is 5.82 Å². The zero-order valence-electron chi connectivity index (χ0n) is 12.4. The van der Waals surface area contributed by atoms with Gasteiger partial charge in [0.15, 0.2) is 0 Å². The molecule has 0 atom stereocenters. The number of anilines is 1. The number of carbonyl (C=O) groups excluding carboxylic acids is 1. The molecule has 1 aromatic heterocycles. The number of likely N-dealkylation sites (N-methyl/N-ethyl adjacent to an activating group) is 1. The molecule has 0 saturated heterocycles. The lowest BCUT2D eigenvalue weighted by Crippen LogP contribution is -2.39. The van der Waals surface area contributed by atoms with E-state index < -0.39 is 5.60 Å². The van der Waals surface area contributed by atoms with Crippen LogP contribution in [0.15, 0.2) is 30.3 Å². The third kappa shape index (κ3) is 3.48. The Balaban J connectivity index is 2.47. The van der Waals surface area contributed by atoms with Crippen molar-refractivity contribution in [3.8, 4) is 0 Å². The Morgan fingerprint density at radius 2 is 2.10 bits per heavy atom. The fourth-order valence-electron chi connectivity index (χ4n) is 2.28. The molecule has 0 saturated carbocycles. The first-order valence-electron chi connectivity index (χ1n) is 6.66. The van der Waals surface area contributed by atoms with Gasteiger partial charge in [-0.15, -0.1) is 0 Å². The lowest BCUT2D eigenvalue weighted by atomic mass is 10.1. The summed E-state index contributed by atoms with van der Waals surface area (Å²) in [7, 11) is 1.66. The summed E-state index contributed by atoms with van der Waals surface area (Å²) in [5, 5.41) is 10.6. The maximum atomic E-state index is 12.6. The van der Waals surface area contributed by atoms with Crippen LogP contribution in [0.2, 0.25) is 0 Å². The molecule has 112 valence electrons. The SMILES string of the molecule is CN(CC(C)(C)O)C(=O)c1cc(NN)nc2ccccc12. The molecule has 4 N–H and O–H groups in total. The van der Waals surface area contributed by atoms with Gasteiger partial charge in [0.25, 0.3) is 5.91 Å². The molecular formula is C15H20N4O2. The number of hydrogen-bond donors (Lipinski definition) is 3. The van der Waals surface area contributed by atoms with E-state index in [0.29, 0.717) is 16.9 Å². The van der Waals surface area contributed by atoms with Crippen molar-refractivity contribution >= 4 is 22.6 Å². The Hall–Kier alpha value is -2.18. The van der Waals surface area contributed by atoms with Gasteiger partial charge in [0, 0.05) is 19.0 Å². The summed E-state index contributed by atoms with van der Waals surface area (Å²) < 4.78 is 0. The minimum atomic E-state index is -0.956. The van der Waals surface area contributed by atoms with Crippen molar-refractivity contribution in [3.63, 3.8) is 0 Å². The number of para-hydroxylation sites is 1. The number of amides is 1. The van der Waals surface area contributed by atoms with E-state index in [2.05, 4.69) is 10.4 Å². The van der Waals surface area contributed by atoms with Crippen LogP contribution in [0.1, 0.15) is 24.2 Å². The quantitative estimate of drug-likeness (QED) is 0.583. The molecule has 1 heterocycles. The predicted molar refractivity (Wildman–Crippen MR) is 82.8 cm³/mol. The fourth-order valence-corrected chi connectivity index (χ4v) is 2.28. The number of rotatable bonds is 4. The first-order chi connectivity index (χ1) is 9.81. The summed E-state index contributed by atoms with van der Waals surface area (Å²) in [5.41, 5.74) is 2.70. The van der Waals surface area contributed by atoms with E-state index in [1.54, 1.807) is 27.0 Å². The van der Waals surface area contributed by atoms with Gasteiger partial charge < -0.3 is 15.4 Å². The molecule has 2 rings (SSSR count). The number of nitrogen functional groups attached to an aromatic ring is 1. The van der Waals surface area contributed by atoms with Gasteiger partial charge in [-0.3, -0.25) is 4.79 Å². The van der Waals surface area contributed by atoms with Gasteiger partial charge in [0.2, 0.25) is 0 Å². The second kappa shape index (κ2) is 5.67. The van der Waals surface area contributed by atoms with Crippen LogP contribution in [0.3, 0.4) is 0 Å². The molecule has 1 amide bonds. The fraction of sp³-hybridized carbons (Fsp3) is 0.333. The average Bonchev–Trinajstić information content (AvgIpc) is 2.43. The van der Waals surface area contributed by atoms with Crippen molar-refractivity contribution in [1.29, 1.82) is 0 Å². The van der Waals surface area contributed by atoms with E-state index in [0.717, 1.165) is 5.39 Å². The summed E-state index contributed by atoms with van der Waals surface area (Å²) in [6, 6.07) is 8.99. The lowest BCUT2D eigenvalue weighted by Gasteiger charge is -2.26. The molecule has 2 aromatic rings. The van der Waals surface area contributed by atoms with Crippen molar-refractivity contribution < 1.29 is 9.90 Å². The van der Waals surface area contributed by atoms with Crippen LogP contribution in [0.5, 0.6) is 0 Å². The second-order valence-corrected chi connectivity index (χ2v) is 5.69. The van der Waals surface area contributed by atoms with E-state index in [1.807, 2.05) is 24.3 Å². The van der Waals surface area contributed by atoms with Gasteiger partial charge in [0.1, 0.15) is 5.82 Å². The topological polar surface area (TPSA) is 91.5 Å². The molecule has 6 nitrogen and oxygen atoms in total. The number of nitrogens with two attached hydrogens (primary N) is 1. The second-order valence-electron chi connectivity index (χ2n) is 5.69. The number of fused-ring (bicyclic) bond motifs is 1. The molecule has 0 radical (unpaired) electrons. The number of hydrogen-bond acceptors (Lipinski definition) is 5. The highest BCUT2D eigenvalue weighted by molar-refractivity contribution is 6.06. The minimum Gasteiger partial charge on any atom is -0.389 e. The van der Waals surface area contributed by atoms with Gasteiger partial charge >= 0.3 is 0 Å². The zero-order valence-corrected chi connectivity index (χ0v) is 12.4. The molecular weight excluding hydrogens is 268 g/mol. The van der Waals surface area contributed by atoms with E-state index in [-0.39, 0.29) is 12.5 Å². The number of hydrazine groups is 1. The van der Waals surface area contributed by atoms with Crippen molar-refractivity contribution in [1.82, 2.24) is 9.88 Å². The monoisotopic (exact) mass is 288 g/mol. The van der Waals surface area contributed by atoms with E-state index >= 15 is 0 Å².